The van der Waals surface area contributed by atoms with E-state index in [1.165, 1.54) is 17.4 Å². The van der Waals surface area contributed by atoms with E-state index in [-0.39, 0.29) is 12.5 Å². The summed E-state index contributed by atoms with van der Waals surface area (Å²) in [6.45, 7) is 3.61. The van der Waals surface area contributed by atoms with Gasteiger partial charge in [0.05, 0.1) is 8.66 Å². The highest BCUT2D eigenvalue weighted by atomic mass is 79.9. The van der Waals surface area contributed by atoms with Gasteiger partial charge in [0.2, 0.25) is 0 Å². The van der Waals surface area contributed by atoms with E-state index in [1.807, 2.05) is 26.0 Å². The van der Waals surface area contributed by atoms with E-state index in [2.05, 4.69) is 26.1 Å². The first-order valence-corrected chi connectivity index (χ1v) is 7.05. The first kappa shape index (κ1) is 14.0. The van der Waals surface area contributed by atoms with Crippen LogP contribution < -0.4 is 0 Å². The normalized spacial score (nSPS) is 10.3. The topological polar surface area (TPSA) is 65.2 Å². The zero-order chi connectivity index (χ0) is 13.8. The Morgan fingerprint density at radius 1 is 1.47 bits per heavy atom. The van der Waals surface area contributed by atoms with Crippen molar-refractivity contribution < 1.29 is 13.9 Å². The molecule has 0 saturated carbocycles. The number of allylic oxidation sites excluding steroid dienone is 1. The van der Waals surface area contributed by atoms with E-state index >= 15 is 0 Å². The molecule has 2 rings (SSSR count). The molecule has 0 N–H and O–H groups in total. The molecule has 100 valence electrons. The van der Waals surface area contributed by atoms with Crippen molar-refractivity contribution in [3.05, 3.63) is 33.5 Å². The molecule has 0 aliphatic carbocycles. The summed E-state index contributed by atoms with van der Waals surface area (Å²) in [4.78, 5) is 12.2. The molecule has 0 aromatic carbocycles. The van der Waals surface area contributed by atoms with Gasteiger partial charge in [-0.25, -0.2) is 4.79 Å². The van der Waals surface area contributed by atoms with Crippen LogP contribution in [0.15, 0.2) is 32.0 Å². The third-order valence-electron chi connectivity index (χ3n) is 2.00. The van der Waals surface area contributed by atoms with E-state index in [4.69, 9.17) is 9.15 Å². The molecule has 0 aliphatic heterocycles. The fourth-order valence-corrected chi connectivity index (χ4v) is 2.56. The van der Waals surface area contributed by atoms with Crippen molar-refractivity contribution in [3.63, 3.8) is 0 Å². The molecule has 2 heterocycles. The molecule has 0 spiro atoms. The molecule has 0 bridgehead atoms. The van der Waals surface area contributed by atoms with Crippen LogP contribution in [0, 0.1) is 0 Å². The van der Waals surface area contributed by atoms with Crippen LogP contribution in [0.2, 0.25) is 0 Å². The van der Waals surface area contributed by atoms with Crippen LogP contribution >= 0.6 is 27.3 Å². The maximum absolute atomic E-state index is 11.3. The van der Waals surface area contributed by atoms with Gasteiger partial charge in [0, 0.05) is 6.08 Å². The van der Waals surface area contributed by atoms with Gasteiger partial charge in [0.1, 0.15) is 0 Å². The zero-order valence-electron chi connectivity index (χ0n) is 10.3. The van der Waals surface area contributed by atoms with Crippen LogP contribution in [0.25, 0.3) is 10.8 Å². The third kappa shape index (κ3) is 4.00. The summed E-state index contributed by atoms with van der Waals surface area (Å²) >= 11 is 4.85. The smallest absolute Gasteiger partial charge is 0.331 e. The predicted octanol–water partition coefficient (Wildman–Crippen LogP) is 3.57. The van der Waals surface area contributed by atoms with Gasteiger partial charge < -0.3 is 9.15 Å². The fourth-order valence-electron chi connectivity index (χ4n) is 1.25. The van der Waals surface area contributed by atoms with E-state index in [0.29, 0.717) is 5.89 Å². The summed E-state index contributed by atoms with van der Waals surface area (Å²) in [5, 5.41) is 7.73. The monoisotopic (exact) mass is 342 g/mol. The molecule has 7 heteroatoms. The Labute approximate surface area is 122 Å². The first-order chi connectivity index (χ1) is 9.04. The Balaban J connectivity index is 1.98. The maximum Gasteiger partial charge on any atom is 0.331 e. The summed E-state index contributed by atoms with van der Waals surface area (Å²) in [7, 11) is 0. The number of hydrogen-bond acceptors (Lipinski definition) is 6. The number of halogens is 1. The highest BCUT2D eigenvalue weighted by Gasteiger charge is 2.11. The molecular weight excluding hydrogens is 332 g/mol. The van der Waals surface area contributed by atoms with Gasteiger partial charge in [-0.3, -0.25) is 0 Å². The number of carbonyl (C=O) groups excluding carboxylic acids is 1. The van der Waals surface area contributed by atoms with Gasteiger partial charge in [-0.1, -0.05) is 5.57 Å². The lowest BCUT2D eigenvalue weighted by molar-refractivity contribution is -0.139. The Kier molecular flexibility index (Phi) is 4.49. The molecule has 19 heavy (non-hydrogen) atoms. The summed E-state index contributed by atoms with van der Waals surface area (Å²) in [6.07, 6.45) is 1.41. The van der Waals surface area contributed by atoms with Crippen molar-refractivity contribution in [2.24, 2.45) is 0 Å². The predicted molar refractivity (Wildman–Crippen MR) is 74.5 cm³/mol. The van der Waals surface area contributed by atoms with E-state index in [1.54, 1.807) is 0 Å². The molecular formula is C12H11BrN2O3S. The van der Waals surface area contributed by atoms with Crippen molar-refractivity contribution in [2.75, 3.05) is 0 Å². The molecule has 0 radical (unpaired) electrons. The second kappa shape index (κ2) is 6.12. The van der Waals surface area contributed by atoms with Crippen molar-refractivity contribution in [1.29, 1.82) is 0 Å². The number of ether oxygens (including phenoxy) is 1. The minimum atomic E-state index is -0.418. The van der Waals surface area contributed by atoms with Crippen molar-refractivity contribution in [1.82, 2.24) is 10.2 Å². The van der Waals surface area contributed by atoms with Crippen LogP contribution in [0.5, 0.6) is 0 Å². The van der Waals surface area contributed by atoms with Gasteiger partial charge >= 0.3 is 5.97 Å². The second-order valence-electron chi connectivity index (χ2n) is 3.93. The van der Waals surface area contributed by atoms with Gasteiger partial charge in [0.25, 0.3) is 11.8 Å². The minimum absolute atomic E-state index is 0.0256. The number of aromatic nitrogens is 2. The quantitative estimate of drug-likeness (QED) is 0.627. The molecule has 2 aromatic rings. The van der Waals surface area contributed by atoms with Gasteiger partial charge in [0.15, 0.2) is 6.61 Å². The largest absolute Gasteiger partial charge is 0.452 e. The average molecular weight is 343 g/mol. The Morgan fingerprint density at radius 2 is 2.26 bits per heavy atom. The van der Waals surface area contributed by atoms with Crippen LogP contribution in [-0.2, 0) is 16.1 Å². The molecule has 2 aromatic heterocycles. The number of thiophene rings is 1. The Morgan fingerprint density at radius 3 is 2.89 bits per heavy atom. The number of carbonyl (C=O) groups is 1. The maximum atomic E-state index is 11.3. The molecule has 0 aliphatic rings. The zero-order valence-corrected chi connectivity index (χ0v) is 12.7. The fraction of sp³-hybridized carbons (Fsp3) is 0.250. The van der Waals surface area contributed by atoms with Crippen molar-refractivity contribution in [3.8, 4) is 10.8 Å². The molecule has 0 unspecified atom stereocenters. The molecule has 5 nitrogen and oxygen atoms in total. The van der Waals surface area contributed by atoms with Gasteiger partial charge in [-0.2, -0.15) is 0 Å². The highest BCUT2D eigenvalue weighted by molar-refractivity contribution is 9.11. The second-order valence-corrected chi connectivity index (χ2v) is 6.40. The van der Waals surface area contributed by atoms with Crippen LogP contribution in [0.3, 0.4) is 0 Å². The van der Waals surface area contributed by atoms with E-state index < -0.39 is 5.97 Å². The lowest BCUT2D eigenvalue weighted by Gasteiger charge is -1.97. The summed E-state index contributed by atoms with van der Waals surface area (Å²) in [5.41, 5.74) is 0.875. The van der Waals surface area contributed by atoms with Crippen molar-refractivity contribution in [2.45, 2.75) is 20.5 Å². The van der Waals surface area contributed by atoms with Gasteiger partial charge in [-0.05, 0) is 41.9 Å². The number of hydrogen-bond donors (Lipinski definition) is 0. The number of nitrogens with zero attached hydrogens (tertiary/aromatic N) is 2. The standard InChI is InChI=1S/C12H11BrN2O3S/c1-7(2)5-11(16)17-6-10-14-15-12(18-10)8-3-4-9(13)19-8/h3-5H,6H2,1-2H3. The van der Waals surface area contributed by atoms with Crippen LogP contribution in [0.1, 0.15) is 19.7 Å². The molecule has 0 amide bonds. The Hall–Kier alpha value is -1.47. The van der Waals surface area contributed by atoms with Gasteiger partial charge in [-0.15, -0.1) is 21.5 Å². The first-order valence-electron chi connectivity index (χ1n) is 5.44. The molecule has 0 atom stereocenters. The van der Waals surface area contributed by atoms with E-state index in [9.17, 15) is 4.79 Å². The van der Waals surface area contributed by atoms with Crippen molar-refractivity contribution >= 4 is 33.2 Å². The van der Waals surface area contributed by atoms with E-state index in [0.717, 1.165) is 14.2 Å². The molecule has 0 fully saturated rings. The number of esters is 1. The minimum Gasteiger partial charge on any atom is -0.452 e. The average Bonchev–Trinajstić information content (AvgIpc) is 2.94. The molecule has 0 saturated heterocycles. The van der Waals surface area contributed by atoms with Crippen LogP contribution in [0.4, 0.5) is 0 Å². The highest BCUT2D eigenvalue weighted by Crippen LogP contribution is 2.30. The SMILES string of the molecule is CC(C)=CC(=O)OCc1nnc(-c2ccc(Br)s2)o1. The lowest BCUT2D eigenvalue weighted by atomic mass is 10.3. The number of rotatable bonds is 4. The lowest BCUT2D eigenvalue weighted by Crippen LogP contribution is -2.01. The summed E-state index contributed by atoms with van der Waals surface area (Å²) in [5.74, 6) is 0.276. The Bertz CT molecular complexity index is 614. The van der Waals surface area contributed by atoms with Crippen LogP contribution in [-0.4, -0.2) is 16.2 Å². The summed E-state index contributed by atoms with van der Waals surface area (Å²) in [6, 6.07) is 3.78. The summed E-state index contributed by atoms with van der Waals surface area (Å²) < 4.78 is 11.4. The third-order valence-corrected chi connectivity index (χ3v) is 3.61.